The van der Waals surface area contributed by atoms with Gasteiger partial charge in [0.2, 0.25) is 0 Å². The molecule has 1 unspecified atom stereocenters. The van der Waals surface area contributed by atoms with E-state index < -0.39 is 6.10 Å². The fourth-order valence-electron chi connectivity index (χ4n) is 1.48. The van der Waals surface area contributed by atoms with Crippen LogP contribution >= 0.6 is 15.9 Å². The molecule has 2 rings (SSSR count). The minimum Gasteiger partial charge on any atom is -0.491 e. The fraction of sp³-hybridized carbons (Fsp3) is 0.308. The van der Waals surface area contributed by atoms with Crippen molar-refractivity contribution >= 4 is 15.9 Å². The van der Waals surface area contributed by atoms with Gasteiger partial charge in [0.25, 0.3) is 0 Å². The summed E-state index contributed by atoms with van der Waals surface area (Å²) in [5, 5.41) is 16.6. The van der Waals surface area contributed by atoms with Crippen molar-refractivity contribution < 1.29 is 14.4 Å². The lowest BCUT2D eigenvalue weighted by atomic mass is 10.3. The van der Waals surface area contributed by atoms with Gasteiger partial charge in [0.05, 0.1) is 5.69 Å². The predicted octanol–water partition coefficient (Wildman–Crippen LogP) is 1.97. The van der Waals surface area contributed by atoms with Crippen molar-refractivity contribution in [3.63, 3.8) is 0 Å². The number of ether oxygens (including phenoxy) is 1. The molecule has 0 aliphatic carbocycles. The molecule has 1 aromatic heterocycles. The number of aromatic nitrogens is 1. The summed E-state index contributed by atoms with van der Waals surface area (Å²) in [5.41, 5.74) is 0.807. The standard InChI is InChI=1S/C13H15BrN2O3/c14-10-1-3-13(4-2-10)18-9-12(17)8-15-7-11-5-6-19-16-11/h1-6,12,15,17H,7-9H2. The van der Waals surface area contributed by atoms with Crippen molar-refractivity contribution in [3.05, 3.63) is 46.8 Å². The summed E-state index contributed by atoms with van der Waals surface area (Å²) >= 11 is 3.35. The van der Waals surface area contributed by atoms with Crippen LogP contribution in [-0.2, 0) is 6.54 Å². The molecule has 0 amide bonds. The molecule has 1 atom stereocenters. The number of halogens is 1. The van der Waals surface area contributed by atoms with E-state index in [9.17, 15) is 5.11 Å². The molecule has 0 saturated heterocycles. The van der Waals surface area contributed by atoms with E-state index >= 15 is 0 Å². The number of hydrogen-bond donors (Lipinski definition) is 2. The quantitative estimate of drug-likeness (QED) is 0.814. The molecular formula is C13H15BrN2O3. The summed E-state index contributed by atoms with van der Waals surface area (Å²) in [5.74, 6) is 0.735. The van der Waals surface area contributed by atoms with E-state index in [4.69, 9.17) is 9.26 Å². The molecule has 6 heteroatoms. The zero-order valence-corrected chi connectivity index (χ0v) is 11.8. The second-order valence-corrected chi connectivity index (χ2v) is 4.96. The highest BCUT2D eigenvalue weighted by molar-refractivity contribution is 9.10. The van der Waals surface area contributed by atoms with Gasteiger partial charge >= 0.3 is 0 Å². The van der Waals surface area contributed by atoms with E-state index in [0.29, 0.717) is 13.1 Å². The van der Waals surface area contributed by atoms with Gasteiger partial charge in [-0.2, -0.15) is 0 Å². The molecule has 0 aliphatic heterocycles. The van der Waals surface area contributed by atoms with Gasteiger partial charge in [-0.3, -0.25) is 0 Å². The maximum atomic E-state index is 9.75. The molecule has 0 spiro atoms. The van der Waals surface area contributed by atoms with Gasteiger partial charge in [-0.1, -0.05) is 21.1 Å². The Kier molecular flexibility index (Phi) is 5.38. The average molecular weight is 327 g/mol. The molecule has 0 radical (unpaired) electrons. The number of benzene rings is 1. The second-order valence-electron chi connectivity index (χ2n) is 4.04. The zero-order chi connectivity index (χ0) is 13.5. The minimum atomic E-state index is -0.574. The van der Waals surface area contributed by atoms with Crippen LogP contribution in [0.5, 0.6) is 5.75 Å². The fourth-order valence-corrected chi connectivity index (χ4v) is 1.74. The largest absolute Gasteiger partial charge is 0.491 e. The Labute approximate surface area is 119 Å². The van der Waals surface area contributed by atoms with Crippen LogP contribution in [0.1, 0.15) is 5.69 Å². The van der Waals surface area contributed by atoms with Crippen LogP contribution in [0.15, 0.2) is 45.6 Å². The van der Waals surface area contributed by atoms with Crippen LogP contribution in [0.4, 0.5) is 0 Å². The molecule has 19 heavy (non-hydrogen) atoms. The van der Waals surface area contributed by atoms with Gasteiger partial charge in [0.15, 0.2) is 0 Å². The molecule has 0 aliphatic rings. The van der Waals surface area contributed by atoms with Gasteiger partial charge in [-0.25, -0.2) is 0 Å². The summed E-state index contributed by atoms with van der Waals surface area (Å²) in [6.45, 7) is 1.24. The van der Waals surface area contributed by atoms with Crippen molar-refractivity contribution in [1.29, 1.82) is 0 Å². The Hall–Kier alpha value is -1.37. The van der Waals surface area contributed by atoms with E-state index in [-0.39, 0.29) is 6.61 Å². The van der Waals surface area contributed by atoms with E-state index in [1.807, 2.05) is 24.3 Å². The van der Waals surface area contributed by atoms with Crippen molar-refractivity contribution in [1.82, 2.24) is 10.5 Å². The first kappa shape index (κ1) is 14.0. The van der Waals surface area contributed by atoms with Gasteiger partial charge in [0.1, 0.15) is 24.7 Å². The minimum absolute atomic E-state index is 0.243. The number of hydrogen-bond acceptors (Lipinski definition) is 5. The number of rotatable bonds is 7. The number of aliphatic hydroxyl groups excluding tert-OH is 1. The van der Waals surface area contributed by atoms with Gasteiger partial charge in [-0.15, -0.1) is 0 Å². The van der Waals surface area contributed by atoms with Gasteiger partial charge in [0, 0.05) is 23.6 Å². The lowest BCUT2D eigenvalue weighted by Gasteiger charge is -2.12. The van der Waals surface area contributed by atoms with Crippen LogP contribution in [-0.4, -0.2) is 29.5 Å². The van der Waals surface area contributed by atoms with Crippen molar-refractivity contribution in [2.45, 2.75) is 12.6 Å². The van der Waals surface area contributed by atoms with Crippen LogP contribution in [0.25, 0.3) is 0 Å². The van der Waals surface area contributed by atoms with E-state index in [2.05, 4.69) is 26.4 Å². The third kappa shape index (κ3) is 5.02. The smallest absolute Gasteiger partial charge is 0.124 e. The summed E-state index contributed by atoms with van der Waals surface area (Å²) in [7, 11) is 0. The molecule has 102 valence electrons. The Morgan fingerprint density at radius 3 is 2.79 bits per heavy atom. The zero-order valence-electron chi connectivity index (χ0n) is 10.3. The SMILES string of the molecule is OC(CNCc1ccon1)COc1ccc(Br)cc1. The topological polar surface area (TPSA) is 67.5 Å². The lowest BCUT2D eigenvalue weighted by molar-refractivity contribution is 0.106. The van der Waals surface area contributed by atoms with Crippen LogP contribution in [0, 0.1) is 0 Å². The van der Waals surface area contributed by atoms with Crippen LogP contribution in [0.2, 0.25) is 0 Å². The third-order valence-electron chi connectivity index (χ3n) is 2.43. The average Bonchev–Trinajstić information content (AvgIpc) is 2.91. The maximum Gasteiger partial charge on any atom is 0.124 e. The van der Waals surface area contributed by atoms with Gasteiger partial charge in [-0.05, 0) is 24.3 Å². The first-order chi connectivity index (χ1) is 9.24. The number of aliphatic hydroxyl groups is 1. The molecule has 0 bridgehead atoms. The molecule has 2 aromatic rings. The maximum absolute atomic E-state index is 9.75. The summed E-state index contributed by atoms with van der Waals surface area (Å²) < 4.78 is 11.2. The Morgan fingerprint density at radius 2 is 2.11 bits per heavy atom. The normalized spacial score (nSPS) is 12.3. The van der Waals surface area contributed by atoms with Crippen molar-refractivity contribution in [2.75, 3.05) is 13.2 Å². The van der Waals surface area contributed by atoms with E-state index in [1.54, 1.807) is 6.07 Å². The van der Waals surface area contributed by atoms with E-state index in [0.717, 1.165) is 15.9 Å². The Bertz CT molecular complexity index is 473. The highest BCUT2D eigenvalue weighted by atomic mass is 79.9. The second kappa shape index (κ2) is 7.28. The first-order valence-corrected chi connectivity index (χ1v) is 6.70. The number of nitrogens with zero attached hydrogens (tertiary/aromatic N) is 1. The molecular weight excluding hydrogens is 312 g/mol. The molecule has 5 nitrogen and oxygen atoms in total. The predicted molar refractivity (Wildman–Crippen MR) is 73.9 cm³/mol. The summed E-state index contributed by atoms with van der Waals surface area (Å²) in [4.78, 5) is 0. The van der Waals surface area contributed by atoms with Gasteiger partial charge < -0.3 is 19.7 Å². The summed E-state index contributed by atoms with van der Waals surface area (Å²) in [6, 6.07) is 9.26. The summed E-state index contributed by atoms with van der Waals surface area (Å²) in [6.07, 6.45) is 0.944. The molecule has 1 aromatic carbocycles. The first-order valence-electron chi connectivity index (χ1n) is 5.90. The van der Waals surface area contributed by atoms with Crippen molar-refractivity contribution in [2.24, 2.45) is 0 Å². The van der Waals surface area contributed by atoms with E-state index in [1.165, 1.54) is 6.26 Å². The monoisotopic (exact) mass is 326 g/mol. The Balaban J connectivity index is 1.64. The molecule has 2 N–H and O–H groups in total. The van der Waals surface area contributed by atoms with Crippen molar-refractivity contribution in [3.8, 4) is 5.75 Å². The number of nitrogens with one attached hydrogen (secondary N) is 1. The lowest BCUT2D eigenvalue weighted by Crippen LogP contribution is -2.31. The molecule has 0 fully saturated rings. The van der Waals surface area contributed by atoms with Crippen LogP contribution in [0.3, 0.4) is 0 Å². The van der Waals surface area contributed by atoms with Crippen LogP contribution < -0.4 is 10.1 Å². The Morgan fingerprint density at radius 1 is 1.32 bits per heavy atom. The highest BCUT2D eigenvalue weighted by Crippen LogP contribution is 2.16. The highest BCUT2D eigenvalue weighted by Gasteiger charge is 2.05. The molecule has 0 saturated carbocycles. The third-order valence-corrected chi connectivity index (χ3v) is 2.96. The molecule has 1 heterocycles.